The van der Waals surface area contributed by atoms with Crippen LogP contribution in [0.2, 0.25) is 0 Å². The van der Waals surface area contributed by atoms with Crippen LogP contribution in [0.25, 0.3) is 10.2 Å². The van der Waals surface area contributed by atoms with Crippen molar-refractivity contribution in [1.29, 1.82) is 0 Å². The van der Waals surface area contributed by atoms with E-state index in [9.17, 15) is 14.7 Å². The van der Waals surface area contributed by atoms with Crippen LogP contribution in [0.5, 0.6) is 5.75 Å². The SMILES string of the molecule is COc1ccc2sc(N3C[C@@]45C=C[C@H](O4)[C@H](C(=O)O)[C@H]5C3=O)nc2c1. The number of ether oxygens (including phenoxy) is 2. The molecule has 128 valence electrons. The van der Waals surface area contributed by atoms with E-state index in [1.807, 2.05) is 24.3 Å². The summed E-state index contributed by atoms with van der Waals surface area (Å²) in [5, 5.41) is 10.1. The maximum Gasteiger partial charge on any atom is 0.310 e. The third kappa shape index (κ3) is 1.86. The number of fused-ring (bicyclic) bond motifs is 2. The molecular formula is C17H14N2O5S. The number of anilines is 1. The van der Waals surface area contributed by atoms with Gasteiger partial charge in [-0.3, -0.25) is 14.5 Å². The molecule has 1 spiro atoms. The Kier molecular flexibility index (Phi) is 2.85. The molecule has 2 saturated heterocycles. The van der Waals surface area contributed by atoms with Crippen LogP contribution in [-0.2, 0) is 14.3 Å². The van der Waals surface area contributed by atoms with E-state index >= 15 is 0 Å². The molecule has 1 amide bonds. The normalized spacial score (nSPS) is 32.6. The summed E-state index contributed by atoms with van der Waals surface area (Å²) >= 11 is 1.40. The first kappa shape index (κ1) is 14.9. The lowest BCUT2D eigenvalue weighted by Crippen LogP contribution is -2.39. The van der Waals surface area contributed by atoms with Crippen molar-refractivity contribution in [2.24, 2.45) is 11.8 Å². The summed E-state index contributed by atoms with van der Waals surface area (Å²) in [6, 6.07) is 5.56. The molecule has 2 fully saturated rings. The van der Waals surface area contributed by atoms with Crippen molar-refractivity contribution in [1.82, 2.24) is 4.98 Å². The second-order valence-electron chi connectivity index (χ2n) is 6.49. The molecule has 2 aromatic rings. The number of aliphatic carboxylic acids is 1. The summed E-state index contributed by atoms with van der Waals surface area (Å²) in [4.78, 5) is 30.7. The second kappa shape index (κ2) is 4.80. The number of thiazole rings is 1. The van der Waals surface area contributed by atoms with Crippen LogP contribution < -0.4 is 9.64 Å². The lowest BCUT2D eigenvalue weighted by Gasteiger charge is -2.21. The number of amides is 1. The lowest BCUT2D eigenvalue weighted by atomic mass is 9.77. The molecule has 1 aromatic carbocycles. The first-order valence-corrected chi connectivity index (χ1v) is 8.70. The Hall–Kier alpha value is -2.45. The summed E-state index contributed by atoms with van der Waals surface area (Å²) in [5.74, 6) is -2.06. The molecule has 3 aliphatic rings. The van der Waals surface area contributed by atoms with E-state index in [1.54, 1.807) is 18.1 Å². The molecule has 7 nitrogen and oxygen atoms in total. The van der Waals surface area contributed by atoms with Crippen LogP contribution in [0.3, 0.4) is 0 Å². The van der Waals surface area contributed by atoms with E-state index < -0.39 is 29.5 Å². The number of carbonyl (C=O) groups is 2. The molecule has 5 rings (SSSR count). The van der Waals surface area contributed by atoms with Gasteiger partial charge in [-0.1, -0.05) is 23.5 Å². The van der Waals surface area contributed by atoms with Crippen LogP contribution in [0, 0.1) is 11.8 Å². The molecule has 4 atom stereocenters. The van der Waals surface area contributed by atoms with E-state index in [0.717, 1.165) is 10.2 Å². The number of carboxylic acid groups (broad SMARTS) is 1. The molecule has 1 aromatic heterocycles. The largest absolute Gasteiger partial charge is 0.497 e. The third-order valence-corrected chi connectivity index (χ3v) is 6.26. The van der Waals surface area contributed by atoms with Crippen LogP contribution in [0.4, 0.5) is 5.13 Å². The Morgan fingerprint density at radius 3 is 3.12 bits per heavy atom. The van der Waals surface area contributed by atoms with Gasteiger partial charge in [-0.25, -0.2) is 4.98 Å². The predicted octanol–water partition coefficient (Wildman–Crippen LogP) is 1.68. The third-order valence-electron chi connectivity index (χ3n) is 5.20. The zero-order chi connectivity index (χ0) is 17.3. The number of benzene rings is 1. The summed E-state index contributed by atoms with van der Waals surface area (Å²) in [7, 11) is 1.59. The first-order valence-electron chi connectivity index (χ1n) is 7.88. The molecular weight excluding hydrogens is 344 g/mol. The molecule has 0 aliphatic carbocycles. The molecule has 0 radical (unpaired) electrons. The van der Waals surface area contributed by atoms with Gasteiger partial charge in [-0.05, 0) is 12.1 Å². The smallest absolute Gasteiger partial charge is 0.310 e. The Balaban J connectivity index is 1.55. The predicted molar refractivity (Wildman–Crippen MR) is 89.9 cm³/mol. The Bertz CT molecular complexity index is 954. The summed E-state index contributed by atoms with van der Waals surface area (Å²) in [6.45, 7) is 0.296. The van der Waals surface area contributed by atoms with Gasteiger partial charge in [0.1, 0.15) is 17.3 Å². The number of carbonyl (C=O) groups excluding carboxylic acids is 1. The van der Waals surface area contributed by atoms with Crippen molar-refractivity contribution >= 4 is 38.6 Å². The number of carboxylic acids is 1. The maximum atomic E-state index is 13.0. The molecule has 0 unspecified atom stereocenters. The fourth-order valence-electron chi connectivity index (χ4n) is 4.08. The molecule has 8 heteroatoms. The van der Waals surface area contributed by atoms with E-state index in [1.165, 1.54) is 11.3 Å². The molecule has 0 saturated carbocycles. The highest BCUT2D eigenvalue weighted by atomic mass is 32.1. The monoisotopic (exact) mass is 358 g/mol. The Labute approximate surface area is 146 Å². The number of rotatable bonds is 3. The molecule has 2 bridgehead atoms. The van der Waals surface area contributed by atoms with Gasteiger partial charge < -0.3 is 14.6 Å². The minimum atomic E-state index is -0.995. The van der Waals surface area contributed by atoms with Crippen molar-refractivity contribution in [3.05, 3.63) is 30.4 Å². The van der Waals surface area contributed by atoms with E-state index in [-0.39, 0.29) is 5.91 Å². The topological polar surface area (TPSA) is 89.0 Å². The van der Waals surface area contributed by atoms with Gasteiger partial charge in [-0.15, -0.1) is 0 Å². The Morgan fingerprint density at radius 2 is 2.36 bits per heavy atom. The van der Waals surface area contributed by atoms with Gasteiger partial charge in [0.05, 0.1) is 35.9 Å². The Morgan fingerprint density at radius 1 is 1.52 bits per heavy atom. The summed E-state index contributed by atoms with van der Waals surface area (Å²) < 4.78 is 12.0. The van der Waals surface area contributed by atoms with Gasteiger partial charge in [0.15, 0.2) is 5.13 Å². The standard InChI is InChI=1S/C17H14N2O5S/c1-23-8-2-3-11-9(6-8)18-16(25-11)19-7-17-5-4-10(24-17)12(15(21)22)13(17)14(19)20/h2-6,10,12-13H,7H2,1H3,(H,21,22)/t10-,12-,13-,17+/m0/s1. The van der Waals surface area contributed by atoms with Crippen molar-refractivity contribution < 1.29 is 24.2 Å². The number of nitrogens with zero attached hydrogens (tertiary/aromatic N) is 2. The van der Waals surface area contributed by atoms with Crippen LogP contribution in [0.15, 0.2) is 30.4 Å². The highest BCUT2D eigenvalue weighted by Gasteiger charge is 2.67. The number of methoxy groups -OCH3 is 1. The van der Waals surface area contributed by atoms with Gasteiger partial charge in [0, 0.05) is 6.07 Å². The number of hydrogen-bond acceptors (Lipinski definition) is 6. The van der Waals surface area contributed by atoms with E-state index in [0.29, 0.717) is 17.4 Å². The fraction of sp³-hybridized carbons (Fsp3) is 0.353. The minimum absolute atomic E-state index is 0.231. The zero-order valence-corrected chi connectivity index (χ0v) is 14.0. The van der Waals surface area contributed by atoms with Crippen LogP contribution in [0.1, 0.15) is 0 Å². The lowest BCUT2D eigenvalue weighted by molar-refractivity contribution is -0.146. The number of hydrogen-bond donors (Lipinski definition) is 1. The average molecular weight is 358 g/mol. The van der Waals surface area contributed by atoms with Gasteiger partial charge in [0.25, 0.3) is 0 Å². The molecule has 25 heavy (non-hydrogen) atoms. The fourth-order valence-corrected chi connectivity index (χ4v) is 5.03. The van der Waals surface area contributed by atoms with Crippen LogP contribution >= 0.6 is 11.3 Å². The van der Waals surface area contributed by atoms with Gasteiger partial charge in [0.2, 0.25) is 5.91 Å². The second-order valence-corrected chi connectivity index (χ2v) is 7.50. The first-order chi connectivity index (χ1) is 12.0. The molecule has 1 N–H and O–H groups in total. The molecule has 4 heterocycles. The van der Waals surface area contributed by atoms with Crippen LogP contribution in [-0.4, -0.2) is 47.3 Å². The average Bonchev–Trinajstić information content (AvgIpc) is 3.32. The van der Waals surface area contributed by atoms with Crippen molar-refractivity contribution in [2.45, 2.75) is 11.7 Å². The quantitative estimate of drug-likeness (QED) is 0.840. The van der Waals surface area contributed by atoms with E-state index in [2.05, 4.69) is 4.98 Å². The summed E-state index contributed by atoms with van der Waals surface area (Å²) in [5.41, 5.74) is -0.0994. The highest BCUT2D eigenvalue weighted by Crippen LogP contribution is 2.53. The molecule has 3 aliphatic heterocycles. The number of aromatic nitrogens is 1. The zero-order valence-electron chi connectivity index (χ0n) is 13.2. The van der Waals surface area contributed by atoms with Gasteiger partial charge >= 0.3 is 5.97 Å². The van der Waals surface area contributed by atoms with E-state index in [4.69, 9.17) is 9.47 Å². The van der Waals surface area contributed by atoms with Crippen molar-refractivity contribution in [3.8, 4) is 5.75 Å². The maximum absolute atomic E-state index is 13.0. The van der Waals surface area contributed by atoms with Gasteiger partial charge in [-0.2, -0.15) is 0 Å². The minimum Gasteiger partial charge on any atom is -0.497 e. The summed E-state index contributed by atoms with van der Waals surface area (Å²) in [6.07, 6.45) is 3.08. The van der Waals surface area contributed by atoms with Crippen molar-refractivity contribution in [2.75, 3.05) is 18.6 Å². The highest BCUT2D eigenvalue weighted by molar-refractivity contribution is 7.22. The van der Waals surface area contributed by atoms with Crippen molar-refractivity contribution in [3.63, 3.8) is 0 Å².